The predicted octanol–water partition coefficient (Wildman–Crippen LogP) is 2.92. The Morgan fingerprint density at radius 2 is 1.52 bits per heavy atom. The number of carbonyl (C=O) groups is 1. The van der Waals surface area contributed by atoms with Crippen molar-refractivity contribution >= 4 is 17.5 Å². The van der Waals surface area contributed by atoms with Gasteiger partial charge in [-0.05, 0) is 51.8 Å². The number of nitriles is 1. The van der Waals surface area contributed by atoms with Crippen LogP contribution in [-0.2, 0) is 9.47 Å². The molecule has 33 heavy (non-hydrogen) atoms. The number of nitrogens with zero attached hydrogens (tertiary/aromatic N) is 5. The van der Waals surface area contributed by atoms with Gasteiger partial charge in [0, 0.05) is 69.8 Å². The fourth-order valence-corrected chi connectivity index (χ4v) is 4.93. The van der Waals surface area contributed by atoms with Crippen molar-refractivity contribution in [3.8, 4) is 6.07 Å². The summed E-state index contributed by atoms with van der Waals surface area (Å²) >= 11 is 0. The number of amides is 1. The minimum absolute atomic E-state index is 0.253. The van der Waals surface area contributed by atoms with E-state index in [1.807, 2.05) is 32.9 Å². The minimum atomic E-state index is -0.487. The van der Waals surface area contributed by atoms with Crippen molar-refractivity contribution in [1.82, 2.24) is 9.80 Å². The number of piperazine rings is 1. The summed E-state index contributed by atoms with van der Waals surface area (Å²) in [5.41, 5.74) is 2.38. The van der Waals surface area contributed by atoms with Crippen LogP contribution < -0.4 is 9.80 Å². The van der Waals surface area contributed by atoms with Crippen LogP contribution in [0.3, 0.4) is 0 Å². The molecule has 0 bridgehead atoms. The van der Waals surface area contributed by atoms with Crippen molar-refractivity contribution in [3.63, 3.8) is 0 Å². The van der Waals surface area contributed by atoms with Crippen molar-refractivity contribution in [2.45, 2.75) is 45.3 Å². The van der Waals surface area contributed by atoms with E-state index in [9.17, 15) is 10.1 Å². The van der Waals surface area contributed by atoms with Crippen LogP contribution in [0.4, 0.5) is 16.2 Å². The lowest BCUT2D eigenvalue weighted by atomic mass is 10.0. The molecule has 3 aliphatic heterocycles. The van der Waals surface area contributed by atoms with E-state index in [0.717, 1.165) is 76.7 Å². The summed E-state index contributed by atoms with van der Waals surface area (Å²) in [6, 6.07) is 9.15. The monoisotopic (exact) mass is 455 g/mol. The molecule has 3 heterocycles. The molecule has 0 N–H and O–H groups in total. The zero-order chi connectivity index (χ0) is 23.4. The van der Waals surface area contributed by atoms with Gasteiger partial charge in [-0.25, -0.2) is 4.79 Å². The molecule has 1 amide bonds. The highest BCUT2D eigenvalue weighted by Crippen LogP contribution is 2.29. The standard InChI is InChI=1S/C25H37N5O3/c1-25(2,3)33-24(31)30-10-8-28(9-11-30)23-17-20(19-26)16-22(18-23)27-6-4-21(5-7-27)29-12-14-32-15-13-29/h16-18,21H,4-15H2,1-3H3. The van der Waals surface area contributed by atoms with Gasteiger partial charge in [0.05, 0.1) is 24.8 Å². The highest BCUT2D eigenvalue weighted by Gasteiger charge is 2.28. The number of anilines is 2. The van der Waals surface area contributed by atoms with E-state index in [0.29, 0.717) is 24.7 Å². The normalized spacial score (nSPS) is 21.1. The molecule has 3 saturated heterocycles. The zero-order valence-corrected chi connectivity index (χ0v) is 20.3. The summed E-state index contributed by atoms with van der Waals surface area (Å²) < 4.78 is 11.0. The Morgan fingerprint density at radius 3 is 2.06 bits per heavy atom. The molecule has 0 spiro atoms. The molecule has 0 aromatic heterocycles. The predicted molar refractivity (Wildman–Crippen MR) is 129 cm³/mol. The molecule has 3 fully saturated rings. The van der Waals surface area contributed by atoms with E-state index in [-0.39, 0.29) is 6.09 Å². The van der Waals surface area contributed by atoms with Gasteiger partial charge in [0.25, 0.3) is 0 Å². The van der Waals surface area contributed by atoms with Gasteiger partial charge in [0.1, 0.15) is 5.60 Å². The van der Waals surface area contributed by atoms with Gasteiger partial charge < -0.3 is 24.2 Å². The van der Waals surface area contributed by atoms with Crippen molar-refractivity contribution in [1.29, 1.82) is 5.26 Å². The lowest BCUT2D eigenvalue weighted by Gasteiger charge is -2.41. The molecule has 0 saturated carbocycles. The Labute approximate surface area is 197 Å². The number of rotatable bonds is 3. The Hall–Kier alpha value is -2.50. The average molecular weight is 456 g/mol. The second-order valence-electron chi connectivity index (χ2n) is 10.2. The van der Waals surface area contributed by atoms with Crippen LogP contribution in [-0.4, -0.2) is 93.1 Å². The topological polar surface area (TPSA) is 72.3 Å². The SMILES string of the molecule is CC(C)(C)OC(=O)N1CCN(c2cc(C#N)cc(N3CCC(N4CCOCC4)CC3)c2)CC1. The second-order valence-corrected chi connectivity index (χ2v) is 10.2. The molecule has 0 atom stereocenters. The number of morpholine rings is 1. The molecule has 0 radical (unpaired) electrons. The van der Waals surface area contributed by atoms with Gasteiger partial charge >= 0.3 is 6.09 Å². The number of piperidine rings is 1. The van der Waals surface area contributed by atoms with E-state index in [2.05, 4.69) is 26.8 Å². The van der Waals surface area contributed by atoms with Crippen LogP contribution in [0.25, 0.3) is 0 Å². The largest absolute Gasteiger partial charge is 0.444 e. The summed E-state index contributed by atoms with van der Waals surface area (Å²) in [7, 11) is 0. The Morgan fingerprint density at radius 1 is 0.939 bits per heavy atom. The van der Waals surface area contributed by atoms with Crippen molar-refractivity contribution in [2.75, 3.05) is 75.4 Å². The first-order chi connectivity index (χ1) is 15.8. The van der Waals surface area contributed by atoms with E-state index in [4.69, 9.17) is 9.47 Å². The molecule has 8 nitrogen and oxygen atoms in total. The van der Waals surface area contributed by atoms with Crippen LogP contribution in [0, 0.1) is 11.3 Å². The summed E-state index contributed by atoms with van der Waals surface area (Å²) in [4.78, 5) is 21.4. The summed E-state index contributed by atoms with van der Waals surface area (Å²) in [5.74, 6) is 0. The minimum Gasteiger partial charge on any atom is -0.444 e. The smallest absolute Gasteiger partial charge is 0.410 e. The molecule has 3 aliphatic rings. The maximum atomic E-state index is 12.4. The van der Waals surface area contributed by atoms with Crippen molar-refractivity contribution in [2.24, 2.45) is 0 Å². The van der Waals surface area contributed by atoms with E-state index in [1.165, 1.54) is 0 Å². The zero-order valence-electron chi connectivity index (χ0n) is 20.3. The Bertz CT molecular complexity index is 856. The Balaban J connectivity index is 1.38. The number of carbonyl (C=O) groups excluding carboxylic acids is 1. The van der Waals surface area contributed by atoms with Gasteiger partial charge in [-0.1, -0.05) is 0 Å². The lowest BCUT2D eigenvalue weighted by molar-refractivity contribution is 0.0115. The van der Waals surface area contributed by atoms with Crippen molar-refractivity contribution in [3.05, 3.63) is 23.8 Å². The van der Waals surface area contributed by atoms with Gasteiger partial charge in [-0.3, -0.25) is 4.90 Å². The van der Waals surface area contributed by atoms with Gasteiger partial charge in [-0.2, -0.15) is 5.26 Å². The van der Waals surface area contributed by atoms with Crippen LogP contribution in [0.1, 0.15) is 39.2 Å². The maximum Gasteiger partial charge on any atom is 0.410 e. The van der Waals surface area contributed by atoms with E-state index in [1.54, 1.807) is 4.90 Å². The maximum absolute atomic E-state index is 12.4. The average Bonchev–Trinajstić information content (AvgIpc) is 2.83. The number of hydrogen-bond donors (Lipinski definition) is 0. The molecular weight excluding hydrogens is 418 g/mol. The summed E-state index contributed by atoms with van der Waals surface area (Å²) in [6.07, 6.45) is 2.03. The summed E-state index contributed by atoms with van der Waals surface area (Å²) in [6.45, 7) is 14.1. The van der Waals surface area contributed by atoms with E-state index < -0.39 is 5.60 Å². The fourth-order valence-electron chi connectivity index (χ4n) is 4.93. The van der Waals surface area contributed by atoms with Gasteiger partial charge in [0.2, 0.25) is 0 Å². The third-order valence-electron chi connectivity index (χ3n) is 6.72. The van der Waals surface area contributed by atoms with Gasteiger partial charge in [-0.15, -0.1) is 0 Å². The van der Waals surface area contributed by atoms with Crippen LogP contribution in [0.15, 0.2) is 18.2 Å². The molecule has 0 aliphatic carbocycles. The third-order valence-corrected chi connectivity index (χ3v) is 6.72. The number of hydrogen-bond acceptors (Lipinski definition) is 7. The van der Waals surface area contributed by atoms with Crippen molar-refractivity contribution < 1.29 is 14.3 Å². The molecular formula is C25H37N5O3. The molecule has 0 unspecified atom stereocenters. The molecule has 8 heteroatoms. The summed E-state index contributed by atoms with van der Waals surface area (Å²) in [5, 5.41) is 9.64. The number of ether oxygens (including phenoxy) is 2. The van der Waals surface area contributed by atoms with Crippen LogP contribution in [0.2, 0.25) is 0 Å². The van der Waals surface area contributed by atoms with Gasteiger partial charge in [0.15, 0.2) is 0 Å². The van der Waals surface area contributed by atoms with E-state index >= 15 is 0 Å². The second kappa shape index (κ2) is 10.2. The molecule has 1 aromatic carbocycles. The lowest BCUT2D eigenvalue weighted by Crippen LogP contribution is -2.50. The highest BCUT2D eigenvalue weighted by atomic mass is 16.6. The van der Waals surface area contributed by atoms with Crippen LogP contribution in [0.5, 0.6) is 0 Å². The first-order valence-electron chi connectivity index (χ1n) is 12.2. The first-order valence-corrected chi connectivity index (χ1v) is 12.2. The quantitative estimate of drug-likeness (QED) is 0.694. The Kier molecular flexibility index (Phi) is 7.30. The molecule has 1 aromatic rings. The third kappa shape index (κ3) is 6.10. The molecule has 4 rings (SSSR count). The highest BCUT2D eigenvalue weighted by molar-refractivity contribution is 5.69. The van der Waals surface area contributed by atoms with Crippen LogP contribution >= 0.6 is 0 Å². The number of benzene rings is 1. The first kappa shape index (κ1) is 23.7. The fraction of sp³-hybridized carbons (Fsp3) is 0.680. The molecule has 180 valence electrons.